The Bertz CT molecular complexity index is 1060. The van der Waals surface area contributed by atoms with E-state index in [2.05, 4.69) is 15.2 Å². The van der Waals surface area contributed by atoms with Gasteiger partial charge in [-0.3, -0.25) is 19.5 Å². The largest absolute Gasteiger partial charge is 0.503 e. The van der Waals surface area contributed by atoms with Crippen molar-refractivity contribution in [3.05, 3.63) is 68.8 Å². The van der Waals surface area contributed by atoms with Gasteiger partial charge in [0.1, 0.15) is 11.0 Å². The van der Waals surface area contributed by atoms with Gasteiger partial charge in [0.05, 0.1) is 16.1 Å². The second-order valence-electron chi connectivity index (χ2n) is 6.48. The topological polar surface area (TPSA) is 96.3 Å². The van der Waals surface area contributed by atoms with E-state index in [0.29, 0.717) is 15.7 Å². The van der Waals surface area contributed by atoms with Crippen molar-refractivity contribution in [3.8, 4) is 0 Å². The Kier molecular flexibility index (Phi) is 4.78. The lowest BCUT2D eigenvalue weighted by Gasteiger charge is -2.22. The van der Waals surface area contributed by atoms with Crippen molar-refractivity contribution in [2.24, 2.45) is 0 Å². The van der Waals surface area contributed by atoms with Gasteiger partial charge in [-0.25, -0.2) is 0 Å². The van der Waals surface area contributed by atoms with E-state index in [1.165, 1.54) is 27.6 Å². The predicted octanol–water partition coefficient (Wildman–Crippen LogP) is 3.90. The van der Waals surface area contributed by atoms with Crippen LogP contribution in [0.25, 0.3) is 0 Å². The van der Waals surface area contributed by atoms with Crippen molar-refractivity contribution in [2.75, 3.05) is 4.90 Å². The van der Waals surface area contributed by atoms with E-state index in [1.54, 1.807) is 41.9 Å². The number of hydrogen-bond donors (Lipinski definition) is 1. The van der Waals surface area contributed by atoms with Crippen molar-refractivity contribution >= 4 is 39.5 Å². The highest BCUT2D eigenvalue weighted by Crippen LogP contribution is 2.42. The number of aliphatic hydroxyl groups is 1. The zero-order valence-corrected chi connectivity index (χ0v) is 16.7. The second-order valence-corrected chi connectivity index (χ2v) is 8.41. The van der Waals surface area contributed by atoms with E-state index >= 15 is 0 Å². The fraction of sp³-hybridized carbons (Fsp3) is 0.211. The first-order valence-electron chi connectivity index (χ1n) is 8.58. The Labute approximate surface area is 169 Å². The Balaban J connectivity index is 1.85. The molecule has 9 heteroatoms. The van der Waals surface area contributed by atoms with Crippen molar-refractivity contribution in [2.45, 2.75) is 25.8 Å². The highest BCUT2D eigenvalue weighted by molar-refractivity contribution is 7.15. The summed E-state index contributed by atoms with van der Waals surface area (Å²) in [6.07, 6.45) is 1.58. The maximum Gasteiger partial charge on any atom is 0.296 e. The molecule has 0 spiro atoms. The van der Waals surface area contributed by atoms with Crippen LogP contribution in [0.3, 0.4) is 0 Å². The van der Waals surface area contributed by atoms with Crippen molar-refractivity contribution < 1.29 is 14.7 Å². The molecule has 1 aliphatic heterocycles. The van der Waals surface area contributed by atoms with E-state index in [4.69, 9.17) is 0 Å². The number of anilines is 1. The van der Waals surface area contributed by atoms with E-state index < -0.39 is 23.5 Å². The molecule has 0 bridgehead atoms. The average molecular weight is 412 g/mol. The molecule has 0 unspecified atom stereocenters. The van der Waals surface area contributed by atoms with E-state index in [9.17, 15) is 14.7 Å². The molecule has 0 fully saturated rings. The molecule has 1 atom stereocenters. The number of ketones is 1. The molecule has 142 valence electrons. The van der Waals surface area contributed by atoms with Gasteiger partial charge < -0.3 is 5.11 Å². The molecule has 4 rings (SSSR count). The minimum absolute atomic E-state index is 0.00690. The van der Waals surface area contributed by atoms with Crippen LogP contribution in [0.5, 0.6) is 0 Å². The number of nitrogens with zero attached hydrogens (tertiary/aromatic N) is 4. The summed E-state index contributed by atoms with van der Waals surface area (Å²) in [6.45, 7) is 3.96. The average Bonchev–Trinajstić information content (AvgIpc) is 3.43. The monoisotopic (exact) mass is 412 g/mol. The summed E-state index contributed by atoms with van der Waals surface area (Å²) in [6, 6.07) is 7.79. The summed E-state index contributed by atoms with van der Waals surface area (Å²) >= 11 is 2.52. The molecule has 4 heterocycles. The lowest BCUT2D eigenvalue weighted by atomic mass is 9.99. The lowest BCUT2D eigenvalue weighted by molar-refractivity contribution is -0.117. The standard InChI is InChI=1S/C19H16N4O3S2/c1-10(2)17-21-22-19(28-17)23-14(11-6-3-4-8-20-11)13(16(25)18(23)26)15(24)12-7-5-9-27-12/h3-10,14,25H,1-2H3/t14-/m0/s1. The van der Waals surface area contributed by atoms with Gasteiger partial charge in [0, 0.05) is 12.1 Å². The van der Waals surface area contributed by atoms with Crippen LogP contribution in [0.2, 0.25) is 0 Å². The SMILES string of the molecule is CC(C)c1nnc(N2C(=O)C(O)=C(C(=O)c3cccs3)[C@@H]2c2ccccn2)s1. The molecule has 1 N–H and O–H groups in total. The molecular formula is C19H16N4O3S2. The number of Topliss-reactive ketones (excluding diaryl/α,β-unsaturated/α-hetero) is 1. The van der Waals surface area contributed by atoms with Gasteiger partial charge in [0.25, 0.3) is 5.91 Å². The number of carbonyl (C=O) groups excluding carboxylic acids is 2. The number of aromatic nitrogens is 3. The van der Waals surface area contributed by atoms with Crippen molar-refractivity contribution in [1.29, 1.82) is 0 Å². The predicted molar refractivity (Wildman–Crippen MR) is 107 cm³/mol. The summed E-state index contributed by atoms with van der Waals surface area (Å²) in [4.78, 5) is 32.1. The highest BCUT2D eigenvalue weighted by Gasteiger charge is 2.46. The summed E-state index contributed by atoms with van der Waals surface area (Å²) in [5.41, 5.74) is 0.480. The minimum Gasteiger partial charge on any atom is -0.503 e. The van der Waals surface area contributed by atoms with Gasteiger partial charge in [-0.15, -0.1) is 21.5 Å². The number of pyridine rings is 1. The fourth-order valence-electron chi connectivity index (χ4n) is 2.95. The van der Waals surface area contributed by atoms with Gasteiger partial charge in [-0.2, -0.15) is 0 Å². The summed E-state index contributed by atoms with van der Waals surface area (Å²) in [7, 11) is 0. The summed E-state index contributed by atoms with van der Waals surface area (Å²) in [5, 5.41) is 21.7. The third-order valence-corrected chi connectivity index (χ3v) is 6.39. The second kappa shape index (κ2) is 7.25. The number of rotatable bonds is 5. The molecule has 0 aliphatic carbocycles. The number of aliphatic hydroxyl groups excluding tert-OH is 1. The van der Waals surface area contributed by atoms with Gasteiger partial charge >= 0.3 is 0 Å². The van der Waals surface area contributed by atoms with Crippen LogP contribution < -0.4 is 4.90 Å². The molecule has 1 aliphatic rings. The lowest BCUT2D eigenvalue weighted by Crippen LogP contribution is -2.31. The van der Waals surface area contributed by atoms with Gasteiger partial charge in [-0.1, -0.05) is 37.3 Å². The molecule has 3 aromatic heterocycles. The first-order chi connectivity index (χ1) is 13.5. The zero-order chi connectivity index (χ0) is 19.8. The summed E-state index contributed by atoms with van der Waals surface area (Å²) in [5.74, 6) is -1.50. The Morgan fingerprint density at radius 3 is 2.64 bits per heavy atom. The van der Waals surface area contributed by atoms with Crippen LogP contribution in [0.1, 0.15) is 46.2 Å². The molecule has 3 aromatic rings. The van der Waals surface area contributed by atoms with Crippen LogP contribution in [-0.4, -0.2) is 32.0 Å². The van der Waals surface area contributed by atoms with E-state index in [-0.39, 0.29) is 11.5 Å². The molecule has 0 saturated heterocycles. The van der Waals surface area contributed by atoms with Gasteiger partial charge in [0.2, 0.25) is 10.9 Å². The Morgan fingerprint density at radius 2 is 2.04 bits per heavy atom. The number of amides is 1. The molecule has 1 amide bonds. The van der Waals surface area contributed by atoms with E-state index in [0.717, 1.165) is 5.01 Å². The molecule has 28 heavy (non-hydrogen) atoms. The van der Waals surface area contributed by atoms with Crippen LogP contribution in [0.4, 0.5) is 5.13 Å². The molecular weight excluding hydrogens is 396 g/mol. The maximum absolute atomic E-state index is 13.1. The van der Waals surface area contributed by atoms with Gasteiger partial charge in [-0.05, 0) is 23.6 Å². The molecule has 0 radical (unpaired) electrons. The Morgan fingerprint density at radius 1 is 1.21 bits per heavy atom. The first kappa shape index (κ1) is 18.5. The number of thiophene rings is 1. The highest BCUT2D eigenvalue weighted by atomic mass is 32.1. The third kappa shape index (κ3) is 3.02. The van der Waals surface area contributed by atoms with Crippen molar-refractivity contribution in [3.63, 3.8) is 0 Å². The summed E-state index contributed by atoms with van der Waals surface area (Å²) < 4.78 is 0. The van der Waals surface area contributed by atoms with E-state index in [1.807, 2.05) is 13.8 Å². The smallest absolute Gasteiger partial charge is 0.296 e. The third-order valence-electron chi connectivity index (χ3n) is 4.30. The quantitative estimate of drug-likeness (QED) is 0.639. The molecule has 0 aromatic carbocycles. The van der Waals surface area contributed by atoms with Crippen LogP contribution in [0.15, 0.2) is 53.2 Å². The maximum atomic E-state index is 13.1. The first-order valence-corrected chi connectivity index (χ1v) is 10.3. The zero-order valence-electron chi connectivity index (χ0n) is 15.1. The van der Waals surface area contributed by atoms with Crippen LogP contribution in [-0.2, 0) is 4.79 Å². The van der Waals surface area contributed by atoms with Crippen LogP contribution >= 0.6 is 22.7 Å². The number of hydrogen-bond acceptors (Lipinski definition) is 8. The van der Waals surface area contributed by atoms with Crippen LogP contribution in [0, 0.1) is 0 Å². The molecule has 0 saturated carbocycles. The molecule has 7 nitrogen and oxygen atoms in total. The van der Waals surface area contributed by atoms with Gasteiger partial charge in [0.15, 0.2) is 5.76 Å². The Hall–Kier alpha value is -2.91. The van der Waals surface area contributed by atoms with Crippen molar-refractivity contribution in [1.82, 2.24) is 15.2 Å². The normalized spacial score (nSPS) is 17.0. The number of carbonyl (C=O) groups is 2. The minimum atomic E-state index is -0.865. The fourth-order valence-corrected chi connectivity index (χ4v) is 4.50.